The number of aromatic nitrogens is 2. The number of esters is 1. The first-order valence-corrected chi connectivity index (χ1v) is 5.46. The van der Waals surface area contributed by atoms with Gasteiger partial charge in [-0.25, -0.2) is 9.18 Å². The third kappa shape index (κ3) is 2.33. The molecule has 7 heteroatoms. The maximum Gasteiger partial charge on any atom is 0.379 e. The summed E-state index contributed by atoms with van der Waals surface area (Å²) in [5.41, 5.74) is 0.222. The Balaban J connectivity index is 2.35. The van der Waals surface area contributed by atoms with E-state index in [9.17, 15) is 9.18 Å². The topological polar surface area (TPSA) is 65.2 Å². The van der Waals surface area contributed by atoms with Gasteiger partial charge in [0.1, 0.15) is 5.82 Å². The van der Waals surface area contributed by atoms with Crippen molar-refractivity contribution in [2.45, 2.75) is 6.92 Å². The van der Waals surface area contributed by atoms with E-state index in [0.717, 1.165) is 0 Å². The molecule has 0 fully saturated rings. The Morgan fingerprint density at radius 2 is 2.33 bits per heavy atom. The van der Waals surface area contributed by atoms with E-state index in [1.807, 2.05) is 0 Å². The summed E-state index contributed by atoms with van der Waals surface area (Å²) in [7, 11) is 0. The summed E-state index contributed by atoms with van der Waals surface area (Å²) < 4.78 is 22.8. The van der Waals surface area contributed by atoms with Crippen LogP contribution in [0, 0.1) is 5.82 Å². The van der Waals surface area contributed by atoms with Crippen LogP contribution in [0.5, 0.6) is 0 Å². The van der Waals surface area contributed by atoms with Gasteiger partial charge in [0.15, 0.2) is 0 Å². The van der Waals surface area contributed by atoms with E-state index in [4.69, 9.17) is 20.9 Å². The maximum atomic E-state index is 13.2. The molecule has 2 rings (SSSR count). The molecule has 0 aliphatic heterocycles. The number of rotatable bonds is 3. The molecule has 0 atom stereocenters. The van der Waals surface area contributed by atoms with Gasteiger partial charge in [0.05, 0.1) is 17.2 Å². The van der Waals surface area contributed by atoms with E-state index >= 15 is 0 Å². The quantitative estimate of drug-likeness (QED) is 0.802. The highest BCUT2D eigenvalue weighted by molar-refractivity contribution is 6.33. The number of carbonyl (C=O) groups is 1. The zero-order valence-corrected chi connectivity index (χ0v) is 10.1. The Morgan fingerprint density at radius 1 is 1.56 bits per heavy atom. The van der Waals surface area contributed by atoms with Crippen LogP contribution in [0.2, 0.25) is 5.02 Å². The molecule has 0 bridgehead atoms. The molecule has 0 radical (unpaired) electrons. The predicted octanol–water partition coefficient (Wildman–Crippen LogP) is 2.71. The van der Waals surface area contributed by atoms with E-state index in [0.29, 0.717) is 0 Å². The second-order valence-corrected chi connectivity index (χ2v) is 3.62. The number of carbonyl (C=O) groups excluding carboxylic acids is 1. The Labute approximate surface area is 107 Å². The smallest absolute Gasteiger partial charge is 0.379 e. The van der Waals surface area contributed by atoms with Crippen molar-refractivity contribution in [2.24, 2.45) is 0 Å². The van der Waals surface area contributed by atoms with Crippen LogP contribution in [0.1, 0.15) is 17.5 Å². The number of halogens is 2. The summed E-state index contributed by atoms with van der Waals surface area (Å²) >= 11 is 5.76. The normalized spacial score (nSPS) is 10.4. The van der Waals surface area contributed by atoms with Gasteiger partial charge in [-0.2, -0.15) is 4.98 Å². The molecule has 5 nitrogen and oxygen atoms in total. The molecule has 1 heterocycles. The minimum absolute atomic E-state index is 0.0393. The average molecular weight is 271 g/mol. The Bertz CT molecular complexity index is 585. The fourth-order valence-electron chi connectivity index (χ4n) is 1.28. The molecule has 0 spiro atoms. The summed E-state index contributed by atoms with van der Waals surface area (Å²) in [6, 6.07) is 4.16. The van der Waals surface area contributed by atoms with Crippen LogP contribution in [0.4, 0.5) is 4.39 Å². The van der Waals surface area contributed by atoms with Crippen molar-refractivity contribution < 1.29 is 18.4 Å². The first-order chi connectivity index (χ1) is 8.63. The van der Waals surface area contributed by atoms with E-state index in [1.54, 1.807) is 6.92 Å². The standard InChI is InChI=1S/C11H8ClFN2O3/c1-2-17-11(16)9-14-10(18-15-9)6-4-3-5-7(13)8(6)12/h3-5H,2H2,1H3. The lowest BCUT2D eigenvalue weighted by Gasteiger charge is -1.98. The molecule has 1 aromatic carbocycles. The lowest BCUT2D eigenvalue weighted by atomic mass is 10.2. The first kappa shape index (κ1) is 12.5. The van der Waals surface area contributed by atoms with Gasteiger partial charge >= 0.3 is 5.97 Å². The highest BCUT2D eigenvalue weighted by Crippen LogP contribution is 2.28. The van der Waals surface area contributed by atoms with E-state index in [-0.39, 0.29) is 28.9 Å². The SMILES string of the molecule is CCOC(=O)c1noc(-c2cccc(F)c2Cl)n1. The van der Waals surface area contributed by atoms with Crippen molar-refractivity contribution in [1.29, 1.82) is 0 Å². The second-order valence-electron chi connectivity index (χ2n) is 3.24. The van der Waals surface area contributed by atoms with Gasteiger partial charge in [-0.1, -0.05) is 17.7 Å². The van der Waals surface area contributed by atoms with Crippen molar-refractivity contribution in [2.75, 3.05) is 6.61 Å². The van der Waals surface area contributed by atoms with E-state index in [1.165, 1.54) is 18.2 Å². The van der Waals surface area contributed by atoms with Crippen molar-refractivity contribution >= 4 is 17.6 Å². The Morgan fingerprint density at radius 3 is 3.06 bits per heavy atom. The average Bonchev–Trinajstić information content (AvgIpc) is 2.82. The van der Waals surface area contributed by atoms with Crippen LogP contribution in [0.25, 0.3) is 11.5 Å². The first-order valence-electron chi connectivity index (χ1n) is 5.08. The third-order valence-corrected chi connectivity index (χ3v) is 2.45. The lowest BCUT2D eigenvalue weighted by Crippen LogP contribution is -2.06. The molecule has 0 saturated heterocycles. The Kier molecular flexibility index (Phi) is 3.57. The molecular weight excluding hydrogens is 263 g/mol. The number of ether oxygens (including phenoxy) is 1. The largest absolute Gasteiger partial charge is 0.460 e. The third-order valence-electron chi connectivity index (χ3n) is 2.07. The molecule has 2 aromatic rings. The van der Waals surface area contributed by atoms with Crippen LogP contribution in [-0.2, 0) is 4.74 Å². The number of hydrogen-bond acceptors (Lipinski definition) is 5. The van der Waals surface area contributed by atoms with Crippen LogP contribution in [0.15, 0.2) is 22.7 Å². The molecular formula is C11H8ClFN2O3. The van der Waals surface area contributed by atoms with Crippen molar-refractivity contribution in [3.8, 4) is 11.5 Å². The van der Waals surface area contributed by atoms with Crippen molar-refractivity contribution in [3.05, 3.63) is 34.9 Å². The molecule has 0 aliphatic carbocycles. The zero-order chi connectivity index (χ0) is 13.1. The lowest BCUT2D eigenvalue weighted by molar-refractivity contribution is 0.0508. The molecule has 18 heavy (non-hydrogen) atoms. The van der Waals surface area contributed by atoms with Crippen LogP contribution in [-0.4, -0.2) is 22.7 Å². The van der Waals surface area contributed by atoms with Gasteiger partial charge in [0.2, 0.25) is 0 Å². The fraction of sp³-hybridized carbons (Fsp3) is 0.182. The zero-order valence-electron chi connectivity index (χ0n) is 9.31. The predicted molar refractivity (Wildman–Crippen MR) is 60.7 cm³/mol. The summed E-state index contributed by atoms with van der Waals surface area (Å²) in [4.78, 5) is 15.1. The Hall–Kier alpha value is -1.95. The minimum Gasteiger partial charge on any atom is -0.460 e. The van der Waals surface area contributed by atoms with Gasteiger partial charge in [-0.05, 0) is 24.2 Å². The van der Waals surface area contributed by atoms with Gasteiger partial charge in [0, 0.05) is 0 Å². The van der Waals surface area contributed by atoms with Crippen LogP contribution < -0.4 is 0 Å². The summed E-state index contributed by atoms with van der Waals surface area (Å²) in [6.45, 7) is 1.85. The molecule has 0 amide bonds. The van der Waals surface area contributed by atoms with Crippen molar-refractivity contribution in [1.82, 2.24) is 10.1 Å². The summed E-state index contributed by atoms with van der Waals surface area (Å²) in [5, 5.41) is 3.30. The molecule has 1 aromatic heterocycles. The number of nitrogens with zero attached hydrogens (tertiary/aromatic N) is 2. The monoisotopic (exact) mass is 270 g/mol. The van der Waals surface area contributed by atoms with Gasteiger partial charge in [-0.3, -0.25) is 0 Å². The highest BCUT2D eigenvalue weighted by atomic mass is 35.5. The highest BCUT2D eigenvalue weighted by Gasteiger charge is 2.19. The summed E-state index contributed by atoms with van der Waals surface area (Å²) in [6.07, 6.45) is 0. The van der Waals surface area contributed by atoms with Gasteiger partial charge in [-0.15, -0.1) is 0 Å². The molecule has 0 unspecified atom stereocenters. The number of hydrogen-bond donors (Lipinski definition) is 0. The van der Waals surface area contributed by atoms with Gasteiger partial charge in [0.25, 0.3) is 11.7 Å². The van der Waals surface area contributed by atoms with Crippen LogP contribution in [0.3, 0.4) is 0 Å². The maximum absolute atomic E-state index is 13.2. The van der Waals surface area contributed by atoms with E-state index in [2.05, 4.69) is 10.1 Å². The van der Waals surface area contributed by atoms with Crippen LogP contribution >= 0.6 is 11.6 Å². The summed E-state index contributed by atoms with van der Waals surface area (Å²) in [5.74, 6) is -1.58. The minimum atomic E-state index is -0.708. The fourth-order valence-corrected chi connectivity index (χ4v) is 1.49. The number of benzene rings is 1. The van der Waals surface area contributed by atoms with Gasteiger partial charge < -0.3 is 9.26 Å². The van der Waals surface area contributed by atoms with E-state index < -0.39 is 11.8 Å². The molecule has 0 saturated carbocycles. The molecule has 0 N–H and O–H groups in total. The molecule has 0 aliphatic rings. The second kappa shape index (κ2) is 5.14. The van der Waals surface area contributed by atoms with Crippen molar-refractivity contribution in [3.63, 3.8) is 0 Å². The molecule has 94 valence electrons.